The van der Waals surface area contributed by atoms with Crippen LogP contribution in [0, 0.1) is 0 Å². The van der Waals surface area contributed by atoms with Crippen LogP contribution >= 0.6 is 0 Å². The molecule has 1 aromatic carbocycles. The summed E-state index contributed by atoms with van der Waals surface area (Å²) in [5, 5.41) is 3.00. The van der Waals surface area contributed by atoms with Crippen LogP contribution in [0.15, 0.2) is 35.5 Å². The molecule has 8 heteroatoms. The minimum atomic E-state index is -3.30. The standard InChI is InChI=1S/C12H15N5O2S/c1-8(16-12-15-7-14-11(13)17-12)9-5-3-4-6-10(9)20(2,18)19/h3-8H,1-2H3,(H3,13,14,15,16,17). The number of benzene rings is 1. The van der Waals surface area contributed by atoms with Gasteiger partial charge in [0.15, 0.2) is 9.84 Å². The lowest BCUT2D eigenvalue weighted by Gasteiger charge is -2.17. The second kappa shape index (κ2) is 5.41. The van der Waals surface area contributed by atoms with Crippen molar-refractivity contribution >= 4 is 21.7 Å². The van der Waals surface area contributed by atoms with Gasteiger partial charge in [-0.15, -0.1) is 0 Å². The van der Waals surface area contributed by atoms with Crippen molar-refractivity contribution in [2.75, 3.05) is 17.3 Å². The molecule has 1 atom stereocenters. The summed E-state index contributed by atoms with van der Waals surface area (Å²) in [5.74, 6) is 0.402. The number of rotatable bonds is 4. The average Bonchev–Trinajstić information content (AvgIpc) is 2.37. The first-order valence-electron chi connectivity index (χ1n) is 5.88. The van der Waals surface area contributed by atoms with Gasteiger partial charge in [-0.3, -0.25) is 0 Å². The van der Waals surface area contributed by atoms with Gasteiger partial charge < -0.3 is 11.1 Å². The Labute approximate surface area is 117 Å². The van der Waals surface area contributed by atoms with Crippen LogP contribution in [0.1, 0.15) is 18.5 Å². The molecule has 3 N–H and O–H groups in total. The highest BCUT2D eigenvalue weighted by Crippen LogP contribution is 2.24. The third-order valence-electron chi connectivity index (χ3n) is 2.72. The van der Waals surface area contributed by atoms with Crippen LogP contribution in [-0.2, 0) is 9.84 Å². The summed E-state index contributed by atoms with van der Waals surface area (Å²) in [4.78, 5) is 11.8. The third kappa shape index (κ3) is 3.21. The van der Waals surface area contributed by atoms with Crippen LogP contribution in [0.3, 0.4) is 0 Å². The Balaban J connectivity index is 2.33. The quantitative estimate of drug-likeness (QED) is 0.866. The molecule has 0 bridgehead atoms. The molecule has 0 spiro atoms. The first kappa shape index (κ1) is 14.2. The Hall–Kier alpha value is -2.22. The summed E-state index contributed by atoms with van der Waals surface area (Å²) in [6, 6.07) is 6.50. The third-order valence-corrected chi connectivity index (χ3v) is 3.89. The lowest BCUT2D eigenvalue weighted by Crippen LogP contribution is -2.14. The molecule has 7 nitrogen and oxygen atoms in total. The van der Waals surface area contributed by atoms with Crippen molar-refractivity contribution in [3.63, 3.8) is 0 Å². The number of nitrogens with one attached hydrogen (secondary N) is 1. The molecule has 106 valence electrons. The van der Waals surface area contributed by atoms with E-state index in [2.05, 4.69) is 20.3 Å². The predicted octanol–water partition coefficient (Wildman–Crippen LogP) is 1.03. The van der Waals surface area contributed by atoms with E-state index < -0.39 is 9.84 Å². The van der Waals surface area contributed by atoms with E-state index in [9.17, 15) is 8.42 Å². The molecule has 1 heterocycles. The van der Waals surface area contributed by atoms with Crippen molar-refractivity contribution in [1.29, 1.82) is 0 Å². The Bertz CT molecular complexity index is 717. The van der Waals surface area contributed by atoms with E-state index in [0.29, 0.717) is 11.5 Å². The van der Waals surface area contributed by atoms with E-state index >= 15 is 0 Å². The number of sulfone groups is 1. The molecule has 0 aliphatic heterocycles. The van der Waals surface area contributed by atoms with Gasteiger partial charge in [0.2, 0.25) is 11.9 Å². The van der Waals surface area contributed by atoms with E-state index in [-0.39, 0.29) is 16.9 Å². The Morgan fingerprint density at radius 3 is 2.60 bits per heavy atom. The molecule has 0 saturated heterocycles. The predicted molar refractivity (Wildman–Crippen MR) is 75.8 cm³/mol. The van der Waals surface area contributed by atoms with Crippen LogP contribution in [-0.4, -0.2) is 29.6 Å². The second-order valence-corrected chi connectivity index (χ2v) is 6.33. The lowest BCUT2D eigenvalue weighted by atomic mass is 10.1. The van der Waals surface area contributed by atoms with Gasteiger partial charge in [0, 0.05) is 6.26 Å². The Kier molecular flexibility index (Phi) is 3.84. The Morgan fingerprint density at radius 1 is 1.25 bits per heavy atom. The smallest absolute Gasteiger partial charge is 0.227 e. The number of nitrogens with zero attached hydrogens (tertiary/aromatic N) is 3. The fourth-order valence-corrected chi connectivity index (χ4v) is 2.82. The largest absolute Gasteiger partial charge is 0.368 e. The molecule has 0 saturated carbocycles. The summed E-state index contributed by atoms with van der Waals surface area (Å²) in [5.41, 5.74) is 6.12. The molecular formula is C12H15N5O2S. The molecule has 0 aliphatic rings. The zero-order valence-electron chi connectivity index (χ0n) is 11.1. The van der Waals surface area contributed by atoms with Gasteiger partial charge >= 0.3 is 0 Å². The van der Waals surface area contributed by atoms with Gasteiger partial charge in [0.25, 0.3) is 0 Å². The van der Waals surface area contributed by atoms with E-state index in [1.807, 2.05) is 6.92 Å². The van der Waals surface area contributed by atoms with Crippen molar-refractivity contribution in [3.05, 3.63) is 36.2 Å². The van der Waals surface area contributed by atoms with Crippen LogP contribution in [0.25, 0.3) is 0 Å². The van der Waals surface area contributed by atoms with Crippen LogP contribution in [0.5, 0.6) is 0 Å². The average molecular weight is 293 g/mol. The van der Waals surface area contributed by atoms with Gasteiger partial charge in [-0.1, -0.05) is 18.2 Å². The van der Waals surface area contributed by atoms with Gasteiger partial charge in [0.05, 0.1) is 10.9 Å². The molecule has 1 unspecified atom stereocenters. The molecule has 2 aromatic rings. The molecule has 20 heavy (non-hydrogen) atoms. The summed E-state index contributed by atoms with van der Waals surface area (Å²) < 4.78 is 23.6. The zero-order valence-corrected chi connectivity index (χ0v) is 11.9. The maximum absolute atomic E-state index is 11.8. The maximum atomic E-state index is 11.8. The topological polar surface area (TPSA) is 111 Å². The maximum Gasteiger partial charge on any atom is 0.227 e. The van der Waals surface area contributed by atoms with E-state index in [0.717, 1.165) is 0 Å². The second-order valence-electron chi connectivity index (χ2n) is 4.34. The van der Waals surface area contributed by atoms with Gasteiger partial charge in [-0.05, 0) is 18.6 Å². The van der Waals surface area contributed by atoms with Crippen molar-refractivity contribution < 1.29 is 8.42 Å². The van der Waals surface area contributed by atoms with E-state index in [1.165, 1.54) is 12.6 Å². The Morgan fingerprint density at radius 2 is 1.95 bits per heavy atom. The summed E-state index contributed by atoms with van der Waals surface area (Å²) in [7, 11) is -3.30. The first-order chi connectivity index (χ1) is 9.38. The number of nitrogens with two attached hydrogens (primary N) is 1. The summed E-state index contributed by atoms with van der Waals surface area (Å²) in [6.07, 6.45) is 2.47. The minimum Gasteiger partial charge on any atom is -0.368 e. The molecule has 1 aromatic heterocycles. The first-order valence-corrected chi connectivity index (χ1v) is 7.77. The normalized spacial score (nSPS) is 12.9. The number of hydrogen-bond acceptors (Lipinski definition) is 7. The highest BCUT2D eigenvalue weighted by atomic mass is 32.2. The van der Waals surface area contributed by atoms with Gasteiger partial charge in [-0.2, -0.15) is 4.98 Å². The summed E-state index contributed by atoms with van der Waals surface area (Å²) in [6.45, 7) is 1.82. The fraction of sp³-hybridized carbons (Fsp3) is 0.250. The van der Waals surface area contributed by atoms with Gasteiger partial charge in [0.1, 0.15) is 6.33 Å². The highest BCUT2D eigenvalue weighted by molar-refractivity contribution is 7.90. The van der Waals surface area contributed by atoms with Crippen LogP contribution in [0.2, 0.25) is 0 Å². The minimum absolute atomic E-state index is 0.103. The molecule has 0 radical (unpaired) electrons. The number of nitrogen functional groups attached to an aromatic ring is 1. The van der Waals surface area contributed by atoms with E-state index in [1.54, 1.807) is 24.3 Å². The van der Waals surface area contributed by atoms with E-state index in [4.69, 9.17) is 5.73 Å². The number of anilines is 2. The molecule has 0 aliphatic carbocycles. The fourth-order valence-electron chi connectivity index (χ4n) is 1.83. The highest BCUT2D eigenvalue weighted by Gasteiger charge is 2.17. The van der Waals surface area contributed by atoms with Crippen molar-refractivity contribution in [1.82, 2.24) is 15.0 Å². The van der Waals surface area contributed by atoms with Crippen LogP contribution < -0.4 is 11.1 Å². The summed E-state index contributed by atoms with van der Waals surface area (Å²) >= 11 is 0. The molecule has 0 amide bonds. The molecule has 0 fully saturated rings. The molecular weight excluding hydrogens is 278 g/mol. The molecule has 2 rings (SSSR count). The zero-order chi connectivity index (χ0) is 14.8. The number of aromatic nitrogens is 3. The van der Waals surface area contributed by atoms with Crippen molar-refractivity contribution in [3.8, 4) is 0 Å². The van der Waals surface area contributed by atoms with Crippen molar-refractivity contribution in [2.45, 2.75) is 17.9 Å². The van der Waals surface area contributed by atoms with Crippen molar-refractivity contribution in [2.24, 2.45) is 0 Å². The van der Waals surface area contributed by atoms with Gasteiger partial charge in [-0.25, -0.2) is 18.4 Å². The lowest BCUT2D eigenvalue weighted by molar-refractivity contribution is 0.599. The SMILES string of the molecule is CC(Nc1ncnc(N)n1)c1ccccc1S(C)(=O)=O. The monoisotopic (exact) mass is 293 g/mol. The number of hydrogen-bond donors (Lipinski definition) is 2. The van der Waals surface area contributed by atoms with Crippen LogP contribution in [0.4, 0.5) is 11.9 Å².